The number of carbonyl (C=O) groups is 1. The van der Waals surface area contributed by atoms with Crippen LogP contribution in [0.15, 0.2) is 91.3 Å². The molecule has 5 aromatic rings. The summed E-state index contributed by atoms with van der Waals surface area (Å²) < 4.78 is 11.3. The van der Waals surface area contributed by atoms with Crippen molar-refractivity contribution in [3.8, 4) is 11.5 Å². The molecule has 0 aliphatic heterocycles. The van der Waals surface area contributed by atoms with Crippen molar-refractivity contribution in [2.24, 2.45) is 5.92 Å². The van der Waals surface area contributed by atoms with Gasteiger partial charge in [0.15, 0.2) is 6.61 Å². The molecule has 0 spiro atoms. The van der Waals surface area contributed by atoms with E-state index in [0.29, 0.717) is 12.3 Å². The Hall–Kier alpha value is -4.36. The van der Waals surface area contributed by atoms with E-state index in [9.17, 15) is 4.79 Å². The highest BCUT2D eigenvalue weighted by Crippen LogP contribution is 2.23. The number of hydrogen-bond acceptors (Lipinski definition) is 5. The largest absolute Gasteiger partial charge is 0.496 e. The van der Waals surface area contributed by atoms with E-state index in [1.807, 2.05) is 54.6 Å². The van der Waals surface area contributed by atoms with E-state index in [-0.39, 0.29) is 18.4 Å². The van der Waals surface area contributed by atoms with Gasteiger partial charge in [0.05, 0.1) is 12.6 Å². The highest BCUT2D eigenvalue weighted by molar-refractivity contribution is 5.83. The van der Waals surface area contributed by atoms with Crippen LogP contribution in [0.25, 0.3) is 21.8 Å². The Labute approximate surface area is 228 Å². The normalized spacial score (nSPS) is 12.1. The predicted molar refractivity (Wildman–Crippen MR) is 155 cm³/mol. The van der Waals surface area contributed by atoms with E-state index < -0.39 is 0 Å². The van der Waals surface area contributed by atoms with Crippen LogP contribution in [0.1, 0.15) is 11.1 Å². The molecule has 0 saturated carbocycles. The van der Waals surface area contributed by atoms with Crippen LogP contribution in [-0.4, -0.2) is 54.6 Å². The minimum absolute atomic E-state index is 0.0391. The van der Waals surface area contributed by atoms with Crippen LogP contribution in [0.5, 0.6) is 11.5 Å². The summed E-state index contributed by atoms with van der Waals surface area (Å²) in [6.45, 7) is 2.06. The quantitative estimate of drug-likeness (QED) is 0.235. The average molecular weight is 523 g/mol. The number of hydrogen-bond donors (Lipinski definition) is 2. The van der Waals surface area contributed by atoms with E-state index in [0.717, 1.165) is 47.2 Å². The fourth-order valence-electron chi connectivity index (χ4n) is 5.04. The van der Waals surface area contributed by atoms with E-state index in [1.165, 1.54) is 10.9 Å². The standard InChI is InChI=1S/C32H34N4O3/c1-36(21-25-8-3-6-12-31(25)38-2)20-23(16-26-19-34-30-11-5-4-10-28(26)30)18-35-32(37)22-39-27-13-14-29-24(17-27)9-7-15-33-29/h3-15,17,19,23,34H,16,18,20-22H2,1-2H3,(H,35,37). The molecule has 0 bridgehead atoms. The second-order valence-corrected chi connectivity index (χ2v) is 9.89. The molecule has 2 aromatic heterocycles. The zero-order valence-corrected chi connectivity index (χ0v) is 22.4. The molecule has 0 fully saturated rings. The number of amides is 1. The van der Waals surface area contributed by atoms with Crippen LogP contribution < -0.4 is 14.8 Å². The van der Waals surface area contributed by atoms with Crippen LogP contribution >= 0.6 is 0 Å². The molecule has 0 radical (unpaired) electrons. The zero-order valence-electron chi connectivity index (χ0n) is 22.4. The molecule has 200 valence electrons. The summed E-state index contributed by atoms with van der Waals surface area (Å²) in [5, 5.41) is 5.30. The lowest BCUT2D eigenvalue weighted by Crippen LogP contribution is -2.38. The highest BCUT2D eigenvalue weighted by atomic mass is 16.5. The first-order valence-corrected chi connectivity index (χ1v) is 13.2. The van der Waals surface area contributed by atoms with Gasteiger partial charge in [-0.25, -0.2) is 0 Å². The molecule has 0 aliphatic rings. The fourth-order valence-corrected chi connectivity index (χ4v) is 5.04. The summed E-state index contributed by atoms with van der Waals surface area (Å²) in [6.07, 6.45) is 4.67. The number of benzene rings is 3. The van der Waals surface area contributed by atoms with Gasteiger partial charge in [-0.1, -0.05) is 42.5 Å². The van der Waals surface area contributed by atoms with Crippen LogP contribution in [0.4, 0.5) is 0 Å². The predicted octanol–water partition coefficient (Wildman–Crippen LogP) is 5.21. The van der Waals surface area contributed by atoms with Crippen LogP contribution in [0, 0.1) is 5.92 Å². The third kappa shape index (κ3) is 6.75. The topological polar surface area (TPSA) is 79.5 Å². The summed E-state index contributed by atoms with van der Waals surface area (Å²) in [5.74, 6) is 1.59. The van der Waals surface area contributed by atoms with Crippen molar-refractivity contribution in [2.45, 2.75) is 13.0 Å². The van der Waals surface area contributed by atoms with E-state index in [2.05, 4.69) is 57.7 Å². The summed E-state index contributed by atoms with van der Waals surface area (Å²) >= 11 is 0. The van der Waals surface area contributed by atoms with E-state index in [4.69, 9.17) is 9.47 Å². The Balaban J connectivity index is 1.23. The van der Waals surface area contributed by atoms with Crippen LogP contribution in [0.3, 0.4) is 0 Å². The molecule has 3 aromatic carbocycles. The number of fused-ring (bicyclic) bond motifs is 2. The molecular weight excluding hydrogens is 488 g/mol. The smallest absolute Gasteiger partial charge is 0.257 e. The fraction of sp³-hybridized carbons (Fsp3) is 0.250. The van der Waals surface area contributed by atoms with Gasteiger partial charge in [-0.05, 0) is 61.3 Å². The van der Waals surface area contributed by atoms with Crippen LogP contribution in [-0.2, 0) is 17.8 Å². The number of ether oxygens (including phenoxy) is 2. The van der Waals surface area contributed by atoms with Crippen molar-refractivity contribution in [2.75, 3.05) is 33.9 Å². The number of aromatic nitrogens is 2. The van der Waals surface area contributed by atoms with Gasteiger partial charge >= 0.3 is 0 Å². The first kappa shape index (κ1) is 26.3. The Kier molecular flexibility index (Phi) is 8.39. The lowest BCUT2D eigenvalue weighted by atomic mass is 9.98. The number of aromatic amines is 1. The average Bonchev–Trinajstić information content (AvgIpc) is 3.37. The molecular formula is C32H34N4O3. The molecule has 7 heteroatoms. The SMILES string of the molecule is COc1ccccc1CN(C)CC(CNC(=O)COc1ccc2ncccc2c1)Cc1c[nH]c2ccccc12. The Morgan fingerprint density at radius 2 is 1.87 bits per heavy atom. The minimum Gasteiger partial charge on any atom is -0.496 e. The molecule has 7 nitrogen and oxygen atoms in total. The maximum Gasteiger partial charge on any atom is 0.257 e. The van der Waals surface area contributed by atoms with Crippen molar-refractivity contribution >= 4 is 27.7 Å². The summed E-state index contributed by atoms with van der Waals surface area (Å²) in [7, 11) is 3.80. The summed E-state index contributed by atoms with van der Waals surface area (Å²) in [5.41, 5.74) is 4.40. The summed E-state index contributed by atoms with van der Waals surface area (Å²) in [6, 6.07) is 25.9. The van der Waals surface area contributed by atoms with Crippen molar-refractivity contribution in [3.63, 3.8) is 0 Å². The summed E-state index contributed by atoms with van der Waals surface area (Å²) in [4.78, 5) is 22.8. The maximum atomic E-state index is 12.8. The molecule has 1 atom stereocenters. The first-order valence-electron chi connectivity index (χ1n) is 13.2. The number of pyridine rings is 1. The zero-order chi connectivity index (χ0) is 27.0. The van der Waals surface area contributed by atoms with Gasteiger partial charge in [0.25, 0.3) is 5.91 Å². The molecule has 1 amide bonds. The van der Waals surface area contributed by atoms with E-state index in [1.54, 1.807) is 13.3 Å². The Bertz CT molecular complexity index is 1550. The third-order valence-corrected chi connectivity index (χ3v) is 6.92. The molecule has 2 N–H and O–H groups in total. The van der Waals surface area contributed by atoms with Gasteiger partial charge in [-0.2, -0.15) is 0 Å². The van der Waals surface area contributed by atoms with E-state index >= 15 is 0 Å². The van der Waals surface area contributed by atoms with Gasteiger partial charge in [0, 0.05) is 53.9 Å². The molecule has 1 unspecified atom stereocenters. The second-order valence-electron chi connectivity index (χ2n) is 9.89. The third-order valence-electron chi connectivity index (χ3n) is 6.92. The van der Waals surface area contributed by atoms with Gasteiger partial charge in [0.1, 0.15) is 11.5 Å². The molecule has 39 heavy (non-hydrogen) atoms. The number of nitrogens with zero attached hydrogens (tertiary/aromatic N) is 2. The number of nitrogens with one attached hydrogen (secondary N) is 2. The van der Waals surface area contributed by atoms with Gasteiger partial charge in [-0.3, -0.25) is 9.78 Å². The Morgan fingerprint density at radius 1 is 1.03 bits per heavy atom. The van der Waals surface area contributed by atoms with Gasteiger partial charge in [0.2, 0.25) is 0 Å². The number of rotatable bonds is 12. The number of carbonyl (C=O) groups excluding carboxylic acids is 1. The lowest BCUT2D eigenvalue weighted by Gasteiger charge is -2.25. The second kappa shape index (κ2) is 12.5. The minimum atomic E-state index is -0.141. The van der Waals surface area contributed by atoms with Gasteiger partial charge in [-0.15, -0.1) is 0 Å². The van der Waals surface area contributed by atoms with Crippen LogP contribution in [0.2, 0.25) is 0 Å². The lowest BCUT2D eigenvalue weighted by molar-refractivity contribution is -0.123. The van der Waals surface area contributed by atoms with Crippen molar-refractivity contribution in [1.82, 2.24) is 20.2 Å². The van der Waals surface area contributed by atoms with Crippen molar-refractivity contribution in [1.29, 1.82) is 0 Å². The number of methoxy groups -OCH3 is 1. The number of H-pyrrole nitrogens is 1. The highest BCUT2D eigenvalue weighted by Gasteiger charge is 2.18. The molecule has 0 saturated heterocycles. The Morgan fingerprint density at radius 3 is 2.77 bits per heavy atom. The molecule has 5 rings (SSSR count). The first-order chi connectivity index (χ1) is 19.1. The molecule has 2 heterocycles. The monoisotopic (exact) mass is 522 g/mol. The van der Waals surface area contributed by atoms with Crippen molar-refractivity contribution in [3.05, 3.63) is 102 Å². The maximum absolute atomic E-state index is 12.8. The van der Waals surface area contributed by atoms with Gasteiger partial charge < -0.3 is 24.7 Å². The van der Waals surface area contributed by atoms with Crippen molar-refractivity contribution < 1.29 is 14.3 Å². The number of para-hydroxylation sites is 2. The molecule has 0 aliphatic carbocycles.